The van der Waals surface area contributed by atoms with Crippen LogP contribution in [0.1, 0.15) is 20.3 Å². The Kier molecular flexibility index (Phi) is 3.42. The van der Waals surface area contributed by atoms with Gasteiger partial charge in [-0.15, -0.1) is 0 Å². The van der Waals surface area contributed by atoms with Crippen molar-refractivity contribution in [3.8, 4) is 0 Å². The summed E-state index contributed by atoms with van der Waals surface area (Å²) < 4.78 is 0. The number of carbonyl (C=O) groups excluding carboxylic acids is 1. The molecule has 0 aromatic rings. The summed E-state index contributed by atoms with van der Waals surface area (Å²) >= 11 is 0. The molecule has 2 nitrogen and oxygen atoms in total. The minimum absolute atomic E-state index is 0.0868. The lowest BCUT2D eigenvalue weighted by atomic mass is 9.93. The number of hydrogen-bond donors (Lipinski definition) is 1. The first-order valence-corrected chi connectivity index (χ1v) is 4.82. The van der Waals surface area contributed by atoms with Crippen molar-refractivity contribution in [2.75, 3.05) is 0 Å². The van der Waals surface area contributed by atoms with E-state index in [1.165, 1.54) is 0 Å². The van der Waals surface area contributed by atoms with E-state index in [9.17, 15) is 4.79 Å². The van der Waals surface area contributed by atoms with E-state index in [1.807, 2.05) is 18.2 Å². The van der Waals surface area contributed by atoms with Crippen molar-refractivity contribution >= 4 is 6.29 Å². The normalized spacial score (nSPS) is 21.2. The highest BCUT2D eigenvalue weighted by Gasteiger charge is 2.11. The van der Waals surface area contributed by atoms with E-state index in [0.29, 0.717) is 6.42 Å². The van der Waals surface area contributed by atoms with E-state index >= 15 is 0 Å². The molecule has 1 atom stereocenters. The van der Waals surface area contributed by atoms with Crippen LogP contribution in [0.2, 0.25) is 0 Å². The van der Waals surface area contributed by atoms with Gasteiger partial charge in [0.05, 0.1) is 6.04 Å². The average molecular weight is 191 g/mol. The van der Waals surface area contributed by atoms with E-state index in [-0.39, 0.29) is 11.5 Å². The van der Waals surface area contributed by atoms with Gasteiger partial charge in [0.1, 0.15) is 6.29 Å². The molecule has 0 aromatic carbocycles. The summed E-state index contributed by atoms with van der Waals surface area (Å²) in [5.41, 5.74) is 6.75. The number of carbonyl (C=O) groups is 1. The first kappa shape index (κ1) is 10.9. The highest BCUT2D eigenvalue weighted by Crippen LogP contribution is 2.23. The second-order valence-corrected chi connectivity index (χ2v) is 4.26. The maximum absolute atomic E-state index is 10.4. The fourth-order valence-corrected chi connectivity index (χ4v) is 1.31. The van der Waals surface area contributed by atoms with Gasteiger partial charge in [0.15, 0.2) is 0 Å². The largest absolute Gasteiger partial charge is 0.321 e. The number of nitrogens with two attached hydrogens (primary N) is 1. The maximum atomic E-state index is 10.4. The standard InChI is InChI=1S/C12H17NO/c1-12(2)6-3-4-10(5-7-12)8-11(13)9-14/h3-7,9,11H,8,13H2,1-2H3. The van der Waals surface area contributed by atoms with E-state index in [0.717, 1.165) is 11.9 Å². The quantitative estimate of drug-likeness (QED) is 0.693. The summed E-state index contributed by atoms with van der Waals surface area (Å²) in [7, 11) is 0. The first-order chi connectivity index (χ1) is 6.53. The Balaban J connectivity index is 2.70. The van der Waals surface area contributed by atoms with Crippen molar-refractivity contribution < 1.29 is 4.79 Å². The average Bonchev–Trinajstić information content (AvgIpc) is 2.28. The lowest BCUT2D eigenvalue weighted by Gasteiger charge is -2.12. The first-order valence-electron chi connectivity index (χ1n) is 4.82. The summed E-state index contributed by atoms with van der Waals surface area (Å²) in [6, 6.07) is -0.388. The number of aldehydes is 1. The van der Waals surface area contributed by atoms with Crippen molar-refractivity contribution in [3.63, 3.8) is 0 Å². The van der Waals surface area contributed by atoms with Gasteiger partial charge in [-0.1, -0.05) is 44.2 Å². The number of allylic oxidation sites excluding steroid dienone is 5. The van der Waals surface area contributed by atoms with Gasteiger partial charge in [0, 0.05) is 5.41 Å². The molecule has 1 aliphatic carbocycles. The minimum atomic E-state index is -0.388. The molecule has 0 saturated heterocycles. The highest BCUT2D eigenvalue weighted by molar-refractivity contribution is 5.58. The molecule has 2 heteroatoms. The van der Waals surface area contributed by atoms with Gasteiger partial charge in [0.2, 0.25) is 0 Å². The number of rotatable bonds is 3. The molecule has 76 valence electrons. The van der Waals surface area contributed by atoms with Crippen LogP contribution in [0, 0.1) is 5.41 Å². The Morgan fingerprint density at radius 1 is 1.50 bits per heavy atom. The third-order valence-corrected chi connectivity index (χ3v) is 2.21. The molecule has 0 radical (unpaired) electrons. The maximum Gasteiger partial charge on any atom is 0.137 e. The predicted molar refractivity (Wildman–Crippen MR) is 58.8 cm³/mol. The van der Waals surface area contributed by atoms with Gasteiger partial charge in [-0.2, -0.15) is 0 Å². The fraction of sp³-hybridized carbons (Fsp3) is 0.417. The molecule has 0 spiro atoms. The van der Waals surface area contributed by atoms with Gasteiger partial charge in [-0.05, 0) is 12.0 Å². The van der Waals surface area contributed by atoms with Crippen molar-refractivity contribution in [2.24, 2.45) is 11.1 Å². The van der Waals surface area contributed by atoms with Crippen LogP contribution in [0.5, 0.6) is 0 Å². The zero-order valence-electron chi connectivity index (χ0n) is 8.73. The van der Waals surface area contributed by atoms with Crippen LogP contribution in [0.4, 0.5) is 0 Å². The van der Waals surface area contributed by atoms with Crippen molar-refractivity contribution in [2.45, 2.75) is 26.3 Å². The third kappa shape index (κ3) is 3.30. The molecule has 0 bridgehead atoms. The lowest BCUT2D eigenvalue weighted by molar-refractivity contribution is -0.108. The van der Waals surface area contributed by atoms with Crippen molar-refractivity contribution in [1.82, 2.24) is 0 Å². The van der Waals surface area contributed by atoms with Gasteiger partial charge >= 0.3 is 0 Å². The second-order valence-electron chi connectivity index (χ2n) is 4.26. The lowest BCUT2D eigenvalue weighted by Crippen LogP contribution is -2.21. The fourth-order valence-electron chi connectivity index (χ4n) is 1.31. The van der Waals surface area contributed by atoms with Crippen LogP contribution < -0.4 is 5.73 Å². The molecule has 2 N–H and O–H groups in total. The van der Waals surface area contributed by atoms with Gasteiger partial charge in [-0.3, -0.25) is 0 Å². The Morgan fingerprint density at radius 2 is 2.21 bits per heavy atom. The zero-order valence-corrected chi connectivity index (χ0v) is 8.73. The van der Waals surface area contributed by atoms with E-state index in [2.05, 4.69) is 26.0 Å². The van der Waals surface area contributed by atoms with E-state index < -0.39 is 0 Å². The summed E-state index contributed by atoms with van der Waals surface area (Å²) in [4.78, 5) is 10.4. The molecule has 0 saturated carbocycles. The molecule has 0 fully saturated rings. The SMILES string of the molecule is CC1(C)C=CC=C(CC(N)C=O)C=C1. The second kappa shape index (κ2) is 4.38. The van der Waals surface area contributed by atoms with Crippen LogP contribution in [0.3, 0.4) is 0 Å². The van der Waals surface area contributed by atoms with Gasteiger partial charge in [0.25, 0.3) is 0 Å². The summed E-state index contributed by atoms with van der Waals surface area (Å²) in [6.45, 7) is 4.27. The molecule has 0 aliphatic heterocycles. The Labute approximate surface area is 85.2 Å². The van der Waals surface area contributed by atoms with Crippen LogP contribution in [0.15, 0.2) is 36.0 Å². The molecule has 14 heavy (non-hydrogen) atoms. The Morgan fingerprint density at radius 3 is 2.86 bits per heavy atom. The topological polar surface area (TPSA) is 43.1 Å². The van der Waals surface area contributed by atoms with Gasteiger partial charge < -0.3 is 10.5 Å². The molecular weight excluding hydrogens is 174 g/mol. The van der Waals surface area contributed by atoms with E-state index in [1.54, 1.807) is 0 Å². The molecule has 1 unspecified atom stereocenters. The molecule has 0 aromatic heterocycles. The molecule has 0 heterocycles. The number of hydrogen-bond acceptors (Lipinski definition) is 2. The monoisotopic (exact) mass is 191 g/mol. The molecule has 0 amide bonds. The minimum Gasteiger partial charge on any atom is -0.321 e. The van der Waals surface area contributed by atoms with Crippen LogP contribution in [-0.4, -0.2) is 12.3 Å². The van der Waals surface area contributed by atoms with Crippen molar-refractivity contribution in [1.29, 1.82) is 0 Å². The van der Waals surface area contributed by atoms with Crippen LogP contribution in [-0.2, 0) is 4.79 Å². The van der Waals surface area contributed by atoms with E-state index in [4.69, 9.17) is 5.73 Å². The van der Waals surface area contributed by atoms with Crippen molar-refractivity contribution in [3.05, 3.63) is 36.0 Å². The summed E-state index contributed by atoms with van der Waals surface area (Å²) in [5.74, 6) is 0. The molecule has 1 aliphatic rings. The highest BCUT2D eigenvalue weighted by atomic mass is 16.1. The smallest absolute Gasteiger partial charge is 0.137 e. The predicted octanol–water partition coefficient (Wildman–Crippen LogP) is 1.98. The molecular formula is C12H17NO. The summed E-state index contributed by atoms with van der Waals surface area (Å²) in [6.07, 6.45) is 11.7. The Hall–Kier alpha value is -1.15. The zero-order chi connectivity index (χ0) is 10.6. The van der Waals surface area contributed by atoms with Crippen LogP contribution >= 0.6 is 0 Å². The Bertz CT molecular complexity index is 297. The molecule has 1 rings (SSSR count). The summed E-state index contributed by atoms with van der Waals surface area (Å²) in [5, 5.41) is 0. The third-order valence-electron chi connectivity index (χ3n) is 2.21. The van der Waals surface area contributed by atoms with Crippen LogP contribution in [0.25, 0.3) is 0 Å². The van der Waals surface area contributed by atoms with Gasteiger partial charge in [-0.25, -0.2) is 0 Å².